The number of halogens is 1. The molecule has 0 unspecified atom stereocenters. The summed E-state index contributed by atoms with van der Waals surface area (Å²) in [7, 11) is -2.64. The van der Waals surface area contributed by atoms with Crippen LogP contribution in [0.5, 0.6) is 0 Å². The van der Waals surface area contributed by atoms with E-state index in [2.05, 4.69) is 9.27 Å². The first-order valence-corrected chi connectivity index (χ1v) is 11.8. The molecule has 0 N–H and O–H groups in total. The van der Waals surface area contributed by atoms with Gasteiger partial charge >= 0.3 is 5.97 Å². The summed E-state index contributed by atoms with van der Waals surface area (Å²) in [6.45, 7) is 1.61. The van der Waals surface area contributed by atoms with Crippen molar-refractivity contribution < 1.29 is 17.9 Å². The largest absolute Gasteiger partial charge is 0.465 e. The van der Waals surface area contributed by atoms with Crippen molar-refractivity contribution in [2.45, 2.75) is 4.90 Å². The number of hydrogen-bond donors (Lipinski definition) is 0. The zero-order valence-electron chi connectivity index (χ0n) is 14.8. The SMILES string of the molecule is COC(=O)c1sc(Cl)cc1S(=O)(=O)N1CCN(c2nsc3ccccc23)CC1. The van der Waals surface area contributed by atoms with Crippen molar-refractivity contribution in [2.24, 2.45) is 0 Å². The van der Waals surface area contributed by atoms with Crippen molar-refractivity contribution in [1.82, 2.24) is 8.68 Å². The molecule has 3 heterocycles. The Hall–Kier alpha value is -1.72. The molecule has 0 atom stereocenters. The number of rotatable bonds is 4. The number of methoxy groups -OCH3 is 1. The van der Waals surface area contributed by atoms with E-state index in [1.165, 1.54) is 29.0 Å². The zero-order chi connectivity index (χ0) is 19.9. The van der Waals surface area contributed by atoms with Crippen molar-refractivity contribution in [3.63, 3.8) is 0 Å². The number of ether oxygens (including phenoxy) is 1. The maximum Gasteiger partial charge on any atom is 0.349 e. The van der Waals surface area contributed by atoms with Gasteiger partial charge in [-0.25, -0.2) is 13.2 Å². The number of benzene rings is 1. The Morgan fingerprint density at radius 2 is 1.93 bits per heavy atom. The summed E-state index contributed by atoms with van der Waals surface area (Å²) in [5, 5.41) is 1.07. The van der Waals surface area contributed by atoms with Crippen LogP contribution in [0.2, 0.25) is 4.34 Å². The van der Waals surface area contributed by atoms with E-state index < -0.39 is 16.0 Å². The Balaban J connectivity index is 1.56. The fraction of sp³-hybridized carbons (Fsp3) is 0.294. The lowest BCUT2D eigenvalue weighted by atomic mass is 10.2. The van der Waals surface area contributed by atoms with Crippen LogP contribution in [0.4, 0.5) is 5.82 Å². The Bertz CT molecular complexity index is 1130. The van der Waals surface area contributed by atoms with Gasteiger partial charge in [0.25, 0.3) is 0 Å². The van der Waals surface area contributed by atoms with E-state index >= 15 is 0 Å². The highest BCUT2D eigenvalue weighted by Gasteiger charge is 2.34. The normalized spacial score (nSPS) is 15.9. The number of thiophene rings is 1. The van der Waals surface area contributed by atoms with Gasteiger partial charge < -0.3 is 9.64 Å². The van der Waals surface area contributed by atoms with Gasteiger partial charge in [0.2, 0.25) is 10.0 Å². The first kappa shape index (κ1) is 19.6. The third kappa shape index (κ3) is 3.39. The highest BCUT2D eigenvalue weighted by molar-refractivity contribution is 7.89. The molecule has 148 valence electrons. The summed E-state index contributed by atoms with van der Waals surface area (Å²) in [6, 6.07) is 9.29. The van der Waals surface area contributed by atoms with Gasteiger partial charge in [-0.15, -0.1) is 11.3 Å². The number of nitrogens with zero attached hydrogens (tertiary/aromatic N) is 3. The lowest BCUT2D eigenvalue weighted by Crippen LogP contribution is -2.49. The van der Waals surface area contributed by atoms with Crippen LogP contribution >= 0.6 is 34.5 Å². The van der Waals surface area contributed by atoms with Crippen molar-refractivity contribution in [2.75, 3.05) is 38.2 Å². The summed E-state index contributed by atoms with van der Waals surface area (Å²) in [5.74, 6) is 0.175. The maximum atomic E-state index is 13.1. The summed E-state index contributed by atoms with van der Waals surface area (Å²) in [4.78, 5) is 13.9. The first-order valence-electron chi connectivity index (χ1n) is 8.39. The van der Waals surface area contributed by atoms with E-state index in [4.69, 9.17) is 16.3 Å². The molecule has 0 spiro atoms. The molecule has 1 fully saturated rings. The third-order valence-electron chi connectivity index (χ3n) is 4.55. The molecule has 2 aromatic heterocycles. The fourth-order valence-corrected chi connectivity index (χ4v) is 7.07. The molecule has 28 heavy (non-hydrogen) atoms. The summed E-state index contributed by atoms with van der Waals surface area (Å²) >= 11 is 8.31. The standard InChI is InChI=1S/C17H16ClN3O4S3/c1-25-17(22)15-13(10-14(18)26-15)28(23,24)21-8-6-20(7-9-21)16-11-4-2-3-5-12(11)27-19-16/h2-5,10H,6-9H2,1H3. The number of anilines is 1. The summed E-state index contributed by atoms with van der Waals surface area (Å²) < 4.78 is 38.1. The molecule has 4 rings (SSSR count). The lowest BCUT2D eigenvalue weighted by molar-refractivity contribution is 0.0602. The minimum Gasteiger partial charge on any atom is -0.465 e. The molecule has 11 heteroatoms. The van der Waals surface area contributed by atoms with Crippen LogP contribution in [0.3, 0.4) is 0 Å². The van der Waals surface area contributed by atoms with E-state index in [9.17, 15) is 13.2 Å². The molecule has 3 aromatic rings. The van der Waals surface area contributed by atoms with Crippen LogP contribution in [0.15, 0.2) is 35.2 Å². The predicted octanol–water partition coefficient (Wildman–Crippen LogP) is 3.31. The van der Waals surface area contributed by atoms with E-state index in [1.807, 2.05) is 24.3 Å². The molecule has 1 aliphatic heterocycles. The minimum atomic E-state index is -3.85. The van der Waals surface area contributed by atoms with Gasteiger partial charge in [-0.3, -0.25) is 0 Å². The lowest BCUT2D eigenvalue weighted by Gasteiger charge is -2.34. The van der Waals surface area contributed by atoms with Crippen molar-refractivity contribution >= 4 is 66.4 Å². The van der Waals surface area contributed by atoms with E-state index in [-0.39, 0.29) is 14.1 Å². The topological polar surface area (TPSA) is 79.8 Å². The highest BCUT2D eigenvalue weighted by atomic mass is 35.5. The van der Waals surface area contributed by atoms with Gasteiger partial charge in [0, 0.05) is 31.6 Å². The Kier molecular flexibility index (Phi) is 5.32. The number of carbonyl (C=O) groups excluding carboxylic acids is 1. The number of carbonyl (C=O) groups is 1. The van der Waals surface area contributed by atoms with Crippen LogP contribution in [0.25, 0.3) is 10.1 Å². The number of hydrogen-bond acceptors (Lipinski definition) is 8. The molecular weight excluding hydrogens is 442 g/mol. The molecule has 1 aliphatic rings. The molecule has 0 bridgehead atoms. The van der Waals surface area contributed by atoms with Gasteiger partial charge in [-0.1, -0.05) is 23.7 Å². The molecule has 1 aromatic carbocycles. The molecule has 7 nitrogen and oxygen atoms in total. The second kappa shape index (κ2) is 7.60. The molecule has 0 aliphatic carbocycles. The average molecular weight is 458 g/mol. The van der Waals surface area contributed by atoms with Crippen LogP contribution in [-0.4, -0.2) is 56.4 Å². The molecule has 0 radical (unpaired) electrons. The number of esters is 1. The van der Waals surface area contributed by atoms with Crippen LogP contribution < -0.4 is 4.90 Å². The van der Waals surface area contributed by atoms with Gasteiger partial charge in [0.1, 0.15) is 15.6 Å². The van der Waals surface area contributed by atoms with Crippen molar-refractivity contribution in [3.05, 3.63) is 39.5 Å². The first-order chi connectivity index (χ1) is 13.4. The number of sulfonamides is 1. The summed E-state index contributed by atoms with van der Waals surface area (Å²) in [6.07, 6.45) is 0. The van der Waals surface area contributed by atoms with Gasteiger partial charge in [0.05, 0.1) is 16.1 Å². The van der Waals surface area contributed by atoms with Crippen molar-refractivity contribution in [1.29, 1.82) is 0 Å². The van der Waals surface area contributed by atoms with E-state index in [1.54, 1.807) is 0 Å². The van der Waals surface area contributed by atoms with Crippen molar-refractivity contribution in [3.8, 4) is 0 Å². The van der Waals surface area contributed by atoms with E-state index in [0.717, 1.165) is 27.2 Å². The Morgan fingerprint density at radius 1 is 1.21 bits per heavy atom. The monoisotopic (exact) mass is 457 g/mol. The molecular formula is C17H16ClN3O4S3. The Morgan fingerprint density at radius 3 is 2.64 bits per heavy atom. The summed E-state index contributed by atoms with van der Waals surface area (Å²) in [5.41, 5.74) is 0. The predicted molar refractivity (Wildman–Crippen MR) is 111 cm³/mol. The quantitative estimate of drug-likeness (QED) is 0.559. The van der Waals surface area contributed by atoms with Crippen LogP contribution in [-0.2, 0) is 14.8 Å². The third-order valence-corrected chi connectivity index (χ3v) is 8.67. The smallest absolute Gasteiger partial charge is 0.349 e. The zero-order valence-corrected chi connectivity index (χ0v) is 18.0. The second-order valence-corrected chi connectivity index (χ2v) is 10.5. The maximum absolute atomic E-state index is 13.1. The Labute approximate surface area is 175 Å². The van der Waals surface area contributed by atoms with Gasteiger partial charge in [-0.05, 0) is 29.7 Å². The number of fused-ring (bicyclic) bond motifs is 1. The van der Waals surface area contributed by atoms with Gasteiger partial charge in [0.15, 0.2) is 0 Å². The van der Waals surface area contributed by atoms with Gasteiger partial charge in [-0.2, -0.15) is 8.68 Å². The number of aromatic nitrogens is 1. The minimum absolute atomic E-state index is 0.000393. The average Bonchev–Trinajstić information content (AvgIpc) is 3.31. The fourth-order valence-electron chi connectivity index (χ4n) is 3.15. The number of piperazine rings is 1. The van der Waals surface area contributed by atoms with E-state index in [0.29, 0.717) is 26.2 Å². The molecule has 0 saturated carbocycles. The van der Waals surface area contributed by atoms with Crippen LogP contribution in [0.1, 0.15) is 9.67 Å². The second-order valence-electron chi connectivity index (χ2n) is 6.13. The highest BCUT2D eigenvalue weighted by Crippen LogP contribution is 2.34. The molecule has 1 saturated heterocycles. The van der Waals surface area contributed by atoms with Crippen LogP contribution in [0, 0.1) is 0 Å². The molecule has 0 amide bonds.